The standard InChI is InChI=1S/C12H12F2O3/c1-7(2)17-11(16)6-10(15)12-8(13)4-3-5-9(12)14/h3-5,7H,6H2,1-2H3. The summed E-state index contributed by atoms with van der Waals surface area (Å²) in [6.45, 7) is 3.23. The van der Waals surface area contributed by atoms with Crippen molar-refractivity contribution in [1.82, 2.24) is 0 Å². The van der Waals surface area contributed by atoms with Gasteiger partial charge in [0.15, 0.2) is 5.78 Å². The highest BCUT2D eigenvalue weighted by atomic mass is 19.1. The molecule has 0 radical (unpaired) electrons. The number of Topliss-reactive ketones (excluding diaryl/α,β-unsaturated/α-hetero) is 1. The van der Waals surface area contributed by atoms with Crippen molar-refractivity contribution >= 4 is 11.8 Å². The van der Waals surface area contributed by atoms with Crippen molar-refractivity contribution in [2.45, 2.75) is 26.4 Å². The molecule has 0 aliphatic carbocycles. The van der Waals surface area contributed by atoms with E-state index in [4.69, 9.17) is 4.74 Å². The average Bonchev–Trinajstić information content (AvgIpc) is 2.15. The number of carbonyl (C=O) groups is 2. The maximum Gasteiger partial charge on any atom is 0.313 e. The zero-order valence-electron chi connectivity index (χ0n) is 9.50. The van der Waals surface area contributed by atoms with E-state index in [1.165, 1.54) is 0 Å². The molecule has 17 heavy (non-hydrogen) atoms. The number of benzene rings is 1. The largest absolute Gasteiger partial charge is 0.463 e. The van der Waals surface area contributed by atoms with Gasteiger partial charge in [-0.05, 0) is 26.0 Å². The lowest BCUT2D eigenvalue weighted by molar-refractivity contribution is -0.146. The van der Waals surface area contributed by atoms with Gasteiger partial charge in [0.05, 0.1) is 11.7 Å². The van der Waals surface area contributed by atoms with E-state index in [0.717, 1.165) is 18.2 Å². The first-order valence-corrected chi connectivity index (χ1v) is 5.08. The van der Waals surface area contributed by atoms with Crippen LogP contribution in [0.5, 0.6) is 0 Å². The molecule has 92 valence electrons. The third-order valence-corrected chi connectivity index (χ3v) is 1.91. The number of rotatable bonds is 4. The molecule has 0 aliphatic rings. The van der Waals surface area contributed by atoms with Crippen molar-refractivity contribution < 1.29 is 23.1 Å². The Kier molecular flexibility index (Phi) is 4.31. The van der Waals surface area contributed by atoms with Crippen LogP contribution >= 0.6 is 0 Å². The van der Waals surface area contributed by atoms with Crippen LogP contribution in [0.25, 0.3) is 0 Å². The topological polar surface area (TPSA) is 43.4 Å². The van der Waals surface area contributed by atoms with Crippen molar-refractivity contribution in [3.05, 3.63) is 35.4 Å². The first-order chi connectivity index (χ1) is 7.91. The third-order valence-electron chi connectivity index (χ3n) is 1.91. The number of carbonyl (C=O) groups excluding carboxylic acids is 2. The molecule has 1 aromatic rings. The summed E-state index contributed by atoms with van der Waals surface area (Å²) >= 11 is 0. The van der Waals surface area contributed by atoms with Crippen LogP contribution in [0, 0.1) is 11.6 Å². The van der Waals surface area contributed by atoms with Gasteiger partial charge in [-0.2, -0.15) is 0 Å². The summed E-state index contributed by atoms with van der Waals surface area (Å²) in [5, 5.41) is 0. The molecule has 1 rings (SSSR count). The van der Waals surface area contributed by atoms with Gasteiger partial charge in [0.2, 0.25) is 0 Å². The zero-order valence-corrected chi connectivity index (χ0v) is 9.50. The molecule has 0 spiro atoms. The highest BCUT2D eigenvalue weighted by molar-refractivity contribution is 6.06. The molecule has 5 heteroatoms. The van der Waals surface area contributed by atoms with Crippen molar-refractivity contribution in [3.63, 3.8) is 0 Å². The van der Waals surface area contributed by atoms with Gasteiger partial charge >= 0.3 is 5.97 Å². The van der Waals surface area contributed by atoms with Crippen LogP contribution in [0.2, 0.25) is 0 Å². The van der Waals surface area contributed by atoms with Crippen molar-refractivity contribution in [1.29, 1.82) is 0 Å². The Balaban J connectivity index is 2.80. The van der Waals surface area contributed by atoms with Gasteiger partial charge in [0.1, 0.15) is 18.1 Å². The van der Waals surface area contributed by atoms with Gasteiger partial charge in [-0.15, -0.1) is 0 Å². The molecular formula is C12H12F2O3. The minimum atomic E-state index is -0.979. The SMILES string of the molecule is CC(C)OC(=O)CC(=O)c1c(F)cccc1F. The van der Waals surface area contributed by atoms with E-state index < -0.39 is 35.4 Å². The number of hydrogen-bond acceptors (Lipinski definition) is 3. The van der Waals surface area contributed by atoms with E-state index in [1.807, 2.05) is 0 Å². The smallest absolute Gasteiger partial charge is 0.313 e. The fourth-order valence-electron chi connectivity index (χ4n) is 1.29. The number of halogens is 2. The number of ether oxygens (including phenoxy) is 1. The Bertz CT molecular complexity index is 421. The van der Waals surface area contributed by atoms with E-state index in [-0.39, 0.29) is 6.10 Å². The summed E-state index contributed by atoms with van der Waals surface area (Å²) in [7, 11) is 0. The average molecular weight is 242 g/mol. The Hall–Kier alpha value is -1.78. The third kappa shape index (κ3) is 3.62. The Morgan fingerprint density at radius 1 is 1.24 bits per heavy atom. The summed E-state index contributed by atoms with van der Waals surface area (Å²) in [5.74, 6) is -3.68. The second-order valence-corrected chi connectivity index (χ2v) is 3.74. The maximum absolute atomic E-state index is 13.2. The molecule has 3 nitrogen and oxygen atoms in total. The Labute approximate surface area is 97.4 Å². The van der Waals surface area contributed by atoms with Crippen LogP contribution in [0.15, 0.2) is 18.2 Å². The van der Waals surface area contributed by atoms with Gasteiger partial charge in [-0.3, -0.25) is 9.59 Å². The highest BCUT2D eigenvalue weighted by Gasteiger charge is 2.20. The predicted octanol–water partition coefficient (Wildman–Crippen LogP) is 2.49. The first kappa shape index (κ1) is 13.3. The summed E-state index contributed by atoms with van der Waals surface area (Å²) in [5.41, 5.74) is -0.701. The summed E-state index contributed by atoms with van der Waals surface area (Å²) in [6.07, 6.45) is -1.04. The van der Waals surface area contributed by atoms with E-state index in [1.54, 1.807) is 13.8 Å². The van der Waals surface area contributed by atoms with E-state index >= 15 is 0 Å². The van der Waals surface area contributed by atoms with Crippen molar-refractivity contribution in [3.8, 4) is 0 Å². The monoisotopic (exact) mass is 242 g/mol. The van der Waals surface area contributed by atoms with Gasteiger partial charge in [0.25, 0.3) is 0 Å². The molecule has 0 aliphatic heterocycles. The lowest BCUT2D eigenvalue weighted by atomic mass is 10.1. The van der Waals surface area contributed by atoms with Gasteiger partial charge in [0, 0.05) is 0 Å². The summed E-state index contributed by atoms with van der Waals surface area (Å²) in [6, 6.07) is 3.07. The number of ketones is 1. The van der Waals surface area contributed by atoms with Crippen molar-refractivity contribution in [2.75, 3.05) is 0 Å². The summed E-state index contributed by atoms with van der Waals surface area (Å²) in [4.78, 5) is 22.7. The van der Waals surface area contributed by atoms with E-state index in [9.17, 15) is 18.4 Å². The van der Waals surface area contributed by atoms with Gasteiger partial charge < -0.3 is 4.74 Å². The predicted molar refractivity (Wildman–Crippen MR) is 56.5 cm³/mol. The van der Waals surface area contributed by atoms with Gasteiger partial charge in [-0.1, -0.05) is 6.07 Å². The Morgan fingerprint density at radius 3 is 2.24 bits per heavy atom. The Morgan fingerprint density at radius 2 is 1.76 bits per heavy atom. The molecule has 1 aromatic carbocycles. The molecule has 0 bridgehead atoms. The molecule has 0 amide bonds. The molecule has 0 saturated heterocycles. The lowest BCUT2D eigenvalue weighted by Gasteiger charge is -2.07. The highest BCUT2D eigenvalue weighted by Crippen LogP contribution is 2.14. The lowest BCUT2D eigenvalue weighted by Crippen LogP contribution is -2.17. The van der Waals surface area contributed by atoms with Crippen LogP contribution in [0.4, 0.5) is 8.78 Å². The zero-order chi connectivity index (χ0) is 13.0. The van der Waals surface area contributed by atoms with Crippen LogP contribution in [-0.2, 0) is 9.53 Å². The van der Waals surface area contributed by atoms with Crippen molar-refractivity contribution in [2.24, 2.45) is 0 Å². The molecule has 0 saturated carbocycles. The maximum atomic E-state index is 13.2. The minimum absolute atomic E-state index is 0.374. The van der Waals surface area contributed by atoms with Crippen LogP contribution in [0.1, 0.15) is 30.6 Å². The molecule has 0 unspecified atom stereocenters. The fraction of sp³-hybridized carbons (Fsp3) is 0.333. The fourth-order valence-corrected chi connectivity index (χ4v) is 1.29. The second-order valence-electron chi connectivity index (χ2n) is 3.74. The van der Waals surface area contributed by atoms with Crippen LogP contribution < -0.4 is 0 Å². The molecule has 0 heterocycles. The molecule has 0 aromatic heterocycles. The van der Waals surface area contributed by atoms with E-state index in [2.05, 4.69) is 0 Å². The first-order valence-electron chi connectivity index (χ1n) is 5.08. The molecular weight excluding hydrogens is 230 g/mol. The molecule has 0 fully saturated rings. The van der Waals surface area contributed by atoms with E-state index in [0.29, 0.717) is 0 Å². The van der Waals surface area contributed by atoms with Gasteiger partial charge in [-0.25, -0.2) is 8.78 Å². The summed E-state index contributed by atoms with van der Waals surface area (Å²) < 4.78 is 31.1. The normalized spacial score (nSPS) is 10.4. The molecule has 0 N–H and O–H groups in total. The quantitative estimate of drug-likeness (QED) is 0.463. The number of hydrogen-bond donors (Lipinski definition) is 0. The second kappa shape index (κ2) is 5.52. The minimum Gasteiger partial charge on any atom is -0.463 e. The van der Waals surface area contributed by atoms with Crippen LogP contribution in [-0.4, -0.2) is 17.9 Å². The molecule has 0 atom stereocenters. The van der Waals surface area contributed by atoms with Crippen LogP contribution in [0.3, 0.4) is 0 Å². The number of esters is 1.